The molecule has 2 aliphatic heterocycles. The Hall–Kier alpha value is -2.42. The van der Waals surface area contributed by atoms with Gasteiger partial charge in [-0.15, -0.1) is 11.3 Å². The molecule has 2 aliphatic rings. The minimum atomic E-state index is -0.0522. The fourth-order valence-corrected chi connectivity index (χ4v) is 4.49. The average Bonchev–Trinajstić information content (AvgIpc) is 3.38. The number of aryl methyl sites for hydroxylation is 1. The summed E-state index contributed by atoms with van der Waals surface area (Å²) in [5.41, 5.74) is 1.68. The van der Waals surface area contributed by atoms with Gasteiger partial charge in [-0.05, 0) is 25.5 Å². The van der Waals surface area contributed by atoms with Crippen LogP contribution in [0.5, 0.6) is 0 Å². The van der Waals surface area contributed by atoms with Gasteiger partial charge in [0, 0.05) is 36.4 Å². The molecule has 7 nitrogen and oxygen atoms in total. The van der Waals surface area contributed by atoms with Crippen LogP contribution in [0.3, 0.4) is 0 Å². The second-order valence-corrected chi connectivity index (χ2v) is 8.26. The van der Waals surface area contributed by atoms with Crippen LogP contribution in [0.1, 0.15) is 11.4 Å². The molecule has 5 rings (SSSR count). The molecule has 2 atom stereocenters. The lowest BCUT2D eigenvalue weighted by atomic mass is 10.2. The molecule has 0 radical (unpaired) electrons. The quantitative estimate of drug-likeness (QED) is 0.748. The van der Waals surface area contributed by atoms with E-state index in [9.17, 15) is 4.79 Å². The van der Waals surface area contributed by atoms with Crippen molar-refractivity contribution in [2.24, 2.45) is 0 Å². The van der Waals surface area contributed by atoms with Crippen molar-refractivity contribution in [3.63, 3.8) is 0 Å². The number of aromatic nitrogens is 3. The van der Waals surface area contributed by atoms with E-state index < -0.39 is 0 Å². The number of amides is 1. The first kappa shape index (κ1) is 16.7. The highest BCUT2D eigenvalue weighted by atomic mass is 32.1. The van der Waals surface area contributed by atoms with Crippen LogP contribution in [0.15, 0.2) is 30.6 Å². The van der Waals surface area contributed by atoms with E-state index in [1.165, 1.54) is 0 Å². The van der Waals surface area contributed by atoms with Crippen LogP contribution < -0.4 is 5.32 Å². The first-order valence-corrected chi connectivity index (χ1v) is 9.81. The third kappa shape index (κ3) is 3.31. The third-order valence-electron chi connectivity index (χ3n) is 5.08. The third-order valence-corrected chi connectivity index (χ3v) is 6.01. The maximum atomic E-state index is 12.4. The van der Waals surface area contributed by atoms with Gasteiger partial charge in [0.25, 0.3) is 0 Å². The van der Waals surface area contributed by atoms with Crippen LogP contribution in [0.4, 0.5) is 5.82 Å². The number of pyridine rings is 2. The molecule has 2 bridgehead atoms. The maximum absolute atomic E-state index is 12.4. The Morgan fingerprint density at radius 3 is 3.04 bits per heavy atom. The van der Waals surface area contributed by atoms with Gasteiger partial charge in [-0.3, -0.25) is 9.69 Å². The zero-order chi connectivity index (χ0) is 18.4. The van der Waals surface area contributed by atoms with Crippen LogP contribution in [-0.2, 0) is 9.53 Å². The van der Waals surface area contributed by atoms with Crippen molar-refractivity contribution in [2.45, 2.75) is 25.5 Å². The molecule has 3 aromatic heterocycles. The van der Waals surface area contributed by atoms with Crippen molar-refractivity contribution in [1.29, 1.82) is 0 Å². The van der Waals surface area contributed by atoms with Gasteiger partial charge in [0.2, 0.25) is 5.91 Å². The van der Waals surface area contributed by atoms with Crippen molar-refractivity contribution in [3.8, 4) is 10.6 Å². The smallest absolute Gasteiger partial charge is 0.239 e. The number of carbonyl (C=O) groups is 1. The Labute approximate surface area is 160 Å². The predicted octanol–water partition coefficient (Wildman–Crippen LogP) is 2.47. The van der Waals surface area contributed by atoms with Crippen molar-refractivity contribution < 1.29 is 9.53 Å². The summed E-state index contributed by atoms with van der Waals surface area (Å²) in [4.78, 5) is 29.0. The molecule has 0 aromatic carbocycles. The van der Waals surface area contributed by atoms with Gasteiger partial charge < -0.3 is 10.1 Å². The fourth-order valence-electron chi connectivity index (χ4n) is 3.74. The standard InChI is InChI=1S/C19H19N5O2S/c1-11-20-7-17(27-11)15-3-2-12-6-21-18(5-16(12)22-15)23-19(25)9-24-8-14-4-13(24)10-26-14/h2-3,5-7,13-14H,4,8-10H2,1H3,(H,21,23,25)/t13-,14-/m1/s1. The summed E-state index contributed by atoms with van der Waals surface area (Å²) in [5.74, 6) is 0.474. The van der Waals surface area contributed by atoms with Crippen LogP contribution >= 0.6 is 11.3 Å². The van der Waals surface area contributed by atoms with E-state index in [0.29, 0.717) is 24.5 Å². The number of hydrogen-bond acceptors (Lipinski definition) is 7. The summed E-state index contributed by atoms with van der Waals surface area (Å²) in [6.07, 6.45) is 4.90. The second kappa shape index (κ2) is 6.63. The molecule has 0 spiro atoms. The molecule has 27 heavy (non-hydrogen) atoms. The lowest BCUT2D eigenvalue weighted by Gasteiger charge is -2.25. The van der Waals surface area contributed by atoms with E-state index in [1.54, 1.807) is 17.5 Å². The van der Waals surface area contributed by atoms with Gasteiger partial charge in [-0.25, -0.2) is 15.0 Å². The summed E-state index contributed by atoms with van der Waals surface area (Å²) in [6.45, 7) is 3.92. The molecule has 1 amide bonds. The molecule has 0 aliphatic carbocycles. The van der Waals surface area contributed by atoms with Crippen molar-refractivity contribution in [3.05, 3.63) is 35.6 Å². The van der Waals surface area contributed by atoms with E-state index in [1.807, 2.05) is 31.3 Å². The van der Waals surface area contributed by atoms with Gasteiger partial charge in [0.1, 0.15) is 5.82 Å². The van der Waals surface area contributed by atoms with E-state index in [0.717, 1.165) is 46.1 Å². The normalized spacial score (nSPS) is 21.8. The number of likely N-dealkylation sites (tertiary alicyclic amines) is 1. The summed E-state index contributed by atoms with van der Waals surface area (Å²) < 4.78 is 5.58. The lowest BCUT2D eigenvalue weighted by molar-refractivity contribution is -0.118. The van der Waals surface area contributed by atoms with E-state index in [-0.39, 0.29) is 5.91 Å². The number of morpholine rings is 1. The molecule has 1 N–H and O–H groups in total. The molecule has 2 saturated heterocycles. The zero-order valence-electron chi connectivity index (χ0n) is 14.9. The number of thiazole rings is 1. The van der Waals surface area contributed by atoms with Crippen molar-refractivity contribution in [2.75, 3.05) is 25.0 Å². The number of nitrogens with zero attached hydrogens (tertiary/aromatic N) is 4. The zero-order valence-corrected chi connectivity index (χ0v) is 15.7. The van der Waals surface area contributed by atoms with Crippen LogP contribution in [-0.4, -0.2) is 57.6 Å². The molecule has 0 unspecified atom stereocenters. The first-order valence-electron chi connectivity index (χ1n) is 8.99. The number of fused-ring (bicyclic) bond motifs is 3. The number of carbonyl (C=O) groups excluding carboxylic acids is 1. The monoisotopic (exact) mass is 381 g/mol. The second-order valence-electron chi connectivity index (χ2n) is 7.02. The molecule has 3 aromatic rings. The van der Waals surface area contributed by atoms with Gasteiger partial charge in [-0.1, -0.05) is 0 Å². The summed E-state index contributed by atoms with van der Waals surface area (Å²) in [5, 5.41) is 4.85. The Morgan fingerprint density at radius 1 is 1.37 bits per heavy atom. The molecule has 2 fully saturated rings. The van der Waals surface area contributed by atoms with E-state index >= 15 is 0 Å². The van der Waals surface area contributed by atoms with Gasteiger partial charge >= 0.3 is 0 Å². The average molecular weight is 381 g/mol. The van der Waals surface area contributed by atoms with Crippen molar-refractivity contribution in [1.82, 2.24) is 19.9 Å². The van der Waals surface area contributed by atoms with Crippen LogP contribution in [0.25, 0.3) is 21.5 Å². The number of rotatable bonds is 4. The number of hydrogen-bond donors (Lipinski definition) is 1. The summed E-state index contributed by atoms with van der Waals surface area (Å²) in [6, 6.07) is 6.16. The highest BCUT2D eigenvalue weighted by Crippen LogP contribution is 2.28. The molecule has 5 heterocycles. The Kier molecular flexibility index (Phi) is 4.11. The van der Waals surface area contributed by atoms with Gasteiger partial charge in [0.15, 0.2) is 0 Å². The van der Waals surface area contributed by atoms with Crippen LogP contribution in [0, 0.1) is 6.92 Å². The molecular formula is C19H19N5O2S. The van der Waals surface area contributed by atoms with Crippen molar-refractivity contribution >= 4 is 34.0 Å². The highest BCUT2D eigenvalue weighted by Gasteiger charge is 2.39. The number of anilines is 1. The van der Waals surface area contributed by atoms with Gasteiger partial charge in [0.05, 0.1) is 40.4 Å². The molecular weight excluding hydrogens is 362 g/mol. The minimum Gasteiger partial charge on any atom is -0.375 e. The largest absolute Gasteiger partial charge is 0.375 e. The Morgan fingerprint density at radius 2 is 2.30 bits per heavy atom. The summed E-state index contributed by atoms with van der Waals surface area (Å²) in [7, 11) is 0. The Bertz CT molecular complexity index is 1020. The topological polar surface area (TPSA) is 80.2 Å². The Balaban J connectivity index is 1.33. The number of nitrogens with one attached hydrogen (secondary N) is 1. The van der Waals surface area contributed by atoms with Crippen LogP contribution in [0.2, 0.25) is 0 Å². The highest BCUT2D eigenvalue weighted by molar-refractivity contribution is 7.15. The van der Waals surface area contributed by atoms with Gasteiger partial charge in [-0.2, -0.15) is 0 Å². The number of ether oxygens (including phenoxy) is 1. The summed E-state index contributed by atoms with van der Waals surface area (Å²) >= 11 is 1.61. The molecule has 138 valence electrons. The SMILES string of the molecule is Cc1ncc(-c2ccc3cnc(NC(=O)CN4C[C@H]5C[C@@H]4CO5)cc3n2)s1. The maximum Gasteiger partial charge on any atom is 0.239 e. The molecule has 0 saturated carbocycles. The fraction of sp³-hybridized carbons (Fsp3) is 0.368. The first-order chi connectivity index (χ1) is 13.1. The minimum absolute atomic E-state index is 0.0522. The van der Waals surface area contributed by atoms with E-state index in [4.69, 9.17) is 9.72 Å². The predicted molar refractivity (Wildman–Crippen MR) is 104 cm³/mol. The molecule has 8 heteroatoms. The lowest BCUT2D eigenvalue weighted by Crippen LogP contribution is -2.41. The van der Waals surface area contributed by atoms with E-state index in [2.05, 4.69) is 20.2 Å².